The van der Waals surface area contributed by atoms with Gasteiger partial charge in [0.1, 0.15) is 29.8 Å². The fourth-order valence-electron chi connectivity index (χ4n) is 3.58. The van der Waals surface area contributed by atoms with Crippen molar-refractivity contribution in [1.82, 2.24) is 14.9 Å². The number of nitrogens with one attached hydrogen (secondary N) is 2. The predicted octanol–water partition coefficient (Wildman–Crippen LogP) is -0.192. The Hall–Kier alpha value is -4.01. The minimum Gasteiger partial charge on any atom is -0.459 e. The standard InChI is InChI=1S/C25H27N3O8/c1-16(30)9-10-23(32)36-19-13-22(35-20(19)15-29)28-14-18(24(33)27-25(28)34)8-5-11-26-21(31)12-17-6-3-2-4-7-17/h2-4,6-7,14,19-20,22,29H,9-13,15H2,1H3,(H,26,31)(H,27,33,34)/t19?,20-,22-/m1/s1. The molecule has 1 saturated heterocycles. The molecule has 2 heterocycles. The van der Waals surface area contributed by atoms with Crippen molar-refractivity contribution < 1.29 is 29.0 Å². The van der Waals surface area contributed by atoms with Crippen LogP contribution in [0.4, 0.5) is 0 Å². The molecular formula is C25H27N3O8. The van der Waals surface area contributed by atoms with Crippen molar-refractivity contribution >= 4 is 17.7 Å². The van der Waals surface area contributed by atoms with Crippen LogP contribution in [0.1, 0.15) is 43.5 Å². The van der Waals surface area contributed by atoms with Gasteiger partial charge in [-0.2, -0.15) is 0 Å². The summed E-state index contributed by atoms with van der Waals surface area (Å²) in [6.07, 6.45) is -1.26. The number of esters is 1. The smallest absolute Gasteiger partial charge is 0.330 e. The van der Waals surface area contributed by atoms with E-state index in [0.29, 0.717) is 0 Å². The van der Waals surface area contributed by atoms with Gasteiger partial charge in [0.05, 0.1) is 26.0 Å². The number of carbonyl (C=O) groups excluding carboxylic acids is 3. The van der Waals surface area contributed by atoms with E-state index in [1.165, 1.54) is 13.1 Å². The van der Waals surface area contributed by atoms with Crippen molar-refractivity contribution in [2.24, 2.45) is 0 Å². The van der Waals surface area contributed by atoms with Gasteiger partial charge < -0.3 is 24.7 Å². The Labute approximate surface area is 206 Å². The zero-order chi connectivity index (χ0) is 26.1. The van der Waals surface area contributed by atoms with Gasteiger partial charge in [0.2, 0.25) is 5.91 Å². The van der Waals surface area contributed by atoms with E-state index in [1.54, 1.807) is 0 Å². The summed E-state index contributed by atoms with van der Waals surface area (Å²) in [6.45, 7) is 0.893. The first kappa shape index (κ1) is 26.6. The second-order valence-electron chi connectivity index (χ2n) is 8.23. The summed E-state index contributed by atoms with van der Waals surface area (Å²) < 4.78 is 12.1. The molecule has 36 heavy (non-hydrogen) atoms. The second-order valence-corrected chi connectivity index (χ2v) is 8.23. The number of aromatic nitrogens is 2. The number of aliphatic hydroxyl groups excluding tert-OH is 1. The van der Waals surface area contributed by atoms with Crippen LogP contribution in [0.15, 0.2) is 46.1 Å². The minimum atomic E-state index is -0.928. The molecule has 3 rings (SSSR count). The topological polar surface area (TPSA) is 157 Å². The van der Waals surface area contributed by atoms with E-state index in [4.69, 9.17) is 9.47 Å². The third kappa shape index (κ3) is 7.49. The number of hydrogen-bond donors (Lipinski definition) is 3. The molecule has 2 aromatic rings. The molecule has 11 nitrogen and oxygen atoms in total. The van der Waals surface area contributed by atoms with Gasteiger partial charge in [-0.05, 0) is 12.5 Å². The molecule has 1 aliphatic heterocycles. The fraction of sp³-hybridized carbons (Fsp3) is 0.400. The Balaban J connectivity index is 1.64. The number of H-pyrrole nitrogens is 1. The van der Waals surface area contributed by atoms with Gasteiger partial charge in [-0.3, -0.25) is 23.9 Å². The van der Waals surface area contributed by atoms with Crippen molar-refractivity contribution in [3.63, 3.8) is 0 Å². The quantitative estimate of drug-likeness (QED) is 0.318. The van der Waals surface area contributed by atoms with Gasteiger partial charge in [-0.15, -0.1) is 0 Å². The average Bonchev–Trinajstić information content (AvgIpc) is 3.24. The van der Waals surface area contributed by atoms with Crippen molar-refractivity contribution in [2.75, 3.05) is 13.2 Å². The van der Waals surface area contributed by atoms with Crippen LogP contribution in [0.25, 0.3) is 0 Å². The van der Waals surface area contributed by atoms with Crippen molar-refractivity contribution in [2.45, 2.75) is 51.0 Å². The minimum absolute atomic E-state index is 0.00492. The van der Waals surface area contributed by atoms with Crippen LogP contribution in [0.2, 0.25) is 0 Å². The van der Waals surface area contributed by atoms with Crippen molar-refractivity contribution in [1.29, 1.82) is 0 Å². The molecule has 11 heteroatoms. The molecule has 0 radical (unpaired) electrons. The molecule has 0 bridgehead atoms. The average molecular weight is 498 g/mol. The lowest BCUT2D eigenvalue weighted by Crippen LogP contribution is -2.33. The first-order valence-corrected chi connectivity index (χ1v) is 11.4. The molecule has 1 aliphatic rings. The van der Waals surface area contributed by atoms with Crippen LogP contribution in [0.3, 0.4) is 0 Å². The number of ether oxygens (including phenoxy) is 2. The van der Waals surface area contributed by atoms with Crippen molar-refractivity contribution in [3.05, 3.63) is 68.5 Å². The van der Waals surface area contributed by atoms with Gasteiger partial charge in [0.15, 0.2) is 0 Å². The molecule has 0 spiro atoms. The van der Waals surface area contributed by atoms with Crippen LogP contribution in [0.5, 0.6) is 0 Å². The molecule has 1 unspecified atom stereocenters. The van der Waals surface area contributed by atoms with E-state index in [-0.39, 0.29) is 49.5 Å². The number of nitrogens with zero attached hydrogens (tertiary/aromatic N) is 1. The van der Waals surface area contributed by atoms with E-state index in [0.717, 1.165) is 10.1 Å². The van der Waals surface area contributed by atoms with Gasteiger partial charge in [-0.25, -0.2) is 4.79 Å². The van der Waals surface area contributed by atoms with Gasteiger partial charge in [0.25, 0.3) is 5.56 Å². The highest BCUT2D eigenvalue weighted by Crippen LogP contribution is 2.30. The van der Waals surface area contributed by atoms with Crippen molar-refractivity contribution in [3.8, 4) is 11.8 Å². The van der Waals surface area contributed by atoms with Crippen LogP contribution in [-0.4, -0.2) is 57.7 Å². The maximum absolute atomic E-state index is 12.4. The number of carbonyl (C=O) groups is 3. The summed E-state index contributed by atoms with van der Waals surface area (Å²) in [5, 5.41) is 12.3. The normalized spacial score (nSPS) is 18.7. The van der Waals surface area contributed by atoms with Gasteiger partial charge in [0, 0.05) is 19.0 Å². The molecule has 3 atom stereocenters. The number of hydrogen-bond acceptors (Lipinski definition) is 8. The van der Waals surface area contributed by atoms with E-state index in [9.17, 15) is 29.1 Å². The van der Waals surface area contributed by atoms with Crippen LogP contribution >= 0.6 is 0 Å². The maximum Gasteiger partial charge on any atom is 0.330 e. The number of aliphatic hydroxyl groups is 1. The first-order valence-electron chi connectivity index (χ1n) is 11.4. The van der Waals surface area contributed by atoms with Crippen LogP contribution in [-0.2, 0) is 30.3 Å². The lowest BCUT2D eigenvalue weighted by Gasteiger charge is -2.16. The molecule has 1 aromatic heterocycles. The monoisotopic (exact) mass is 497 g/mol. The lowest BCUT2D eigenvalue weighted by atomic mass is 10.1. The number of rotatable bonds is 9. The Morgan fingerprint density at radius 3 is 2.67 bits per heavy atom. The molecule has 190 valence electrons. The third-order valence-electron chi connectivity index (χ3n) is 5.41. The number of Topliss-reactive ketones (excluding diaryl/α,β-unsaturated/α-hetero) is 1. The maximum atomic E-state index is 12.4. The largest absolute Gasteiger partial charge is 0.459 e. The van der Waals surface area contributed by atoms with E-state index < -0.39 is 42.3 Å². The molecule has 1 aromatic carbocycles. The van der Waals surface area contributed by atoms with E-state index in [1.807, 2.05) is 30.3 Å². The third-order valence-corrected chi connectivity index (χ3v) is 5.41. The number of aromatic amines is 1. The summed E-state index contributed by atoms with van der Waals surface area (Å²) >= 11 is 0. The van der Waals surface area contributed by atoms with Gasteiger partial charge >= 0.3 is 11.7 Å². The second kappa shape index (κ2) is 12.6. The number of benzene rings is 1. The zero-order valence-electron chi connectivity index (χ0n) is 19.7. The Morgan fingerprint density at radius 2 is 1.97 bits per heavy atom. The van der Waals surface area contributed by atoms with Gasteiger partial charge in [-0.1, -0.05) is 42.2 Å². The van der Waals surface area contributed by atoms with E-state index in [2.05, 4.69) is 22.1 Å². The SMILES string of the molecule is CC(=O)CCC(=O)OC1C[C@H](n2cc(C#CCNC(=O)Cc3ccccc3)c(=O)[nH]c2=O)O[C@@H]1CO. The van der Waals surface area contributed by atoms with Crippen LogP contribution < -0.4 is 16.6 Å². The molecule has 1 amide bonds. The summed E-state index contributed by atoms with van der Waals surface area (Å²) in [6, 6.07) is 9.19. The summed E-state index contributed by atoms with van der Waals surface area (Å²) in [4.78, 5) is 61.8. The number of ketones is 1. The summed E-state index contributed by atoms with van der Waals surface area (Å²) in [7, 11) is 0. The Bertz CT molecular complexity index is 1270. The first-order chi connectivity index (χ1) is 17.3. The predicted molar refractivity (Wildman–Crippen MR) is 127 cm³/mol. The molecule has 3 N–H and O–H groups in total. The Morgan fingerprint density at radius 1 is 1.22 bits per heavy atom. The fourth-order valence-corrected chi connectivity index (χ4v) is 3.58. The highest BCUT2D eigenvalue weighted by atomic mass is 16.6. The zero-order valence-corrected chi connectivity index (χ0v) is 19.7. The summed E-state index contributed by atoms with van der Waals surface area (Å²) in [5.41, 5.74) is -0.639. The molecular weight excluding hydrogens is 470 g/mol. The highest BCUT2D eigenvalue weighted by molar-refractivity contribution is 5.81. The molecule has 0 aliphatic carbocycles. The van der Waals surface area contributed by atoms with E-state index >= 15 is 0 Å². The lowest BCUT2D eigenvalue weighted by molar-refractivity contribution is -0.153. The molecule has 0 saturated carbocycles. The number of amides is 1. The van der Waals surface area contributed by atoms with Crippen LogP contribution in [0, 0.1) is 11.8 Å². The Kier molecular flexibility index (Phi) is 9.32. The summed E-state index contributed by atoms with van der Waals surface area (Å²) in [5.74, 6) is 4.30. The highest BCUT2D eigenvalue weighted by Gasteiger charge is 2.39. The molecule has 1 fully saturated rings.